The number of nitrogens with one attached hydrogen (secondary N) is 2. The molecule has 0 saturated carbocycles. The van der Waals surface area contributed by atoms with Gasteiger partial charge >= 0.3 is 0 Å². The Hall–Kier alpha value is -1.42. The Labute approximate surface area is 100 Å². The van der Waals surface area contributed by atoms with Crippen molar-refractivity contribution in [2.75, 3.05) is 11.9 Å². The van der Waals surface area contributed by atoms with Gasteiger partial charge in [-0.25, -0.2) is 4.39 Å². The van der Waals surface area contributed by atoms with E-state index in [0.717, 1.165) is 25.8 Å². The van der Waals surface area contributed by atoms with E-state index in [2.05, 4.69) is 10.6 Å². The molecule has 2 N–H and O–H groups in total. The first-order valence-electron chi connectivity index (χ1n) is 5.98. The summed E-state index contributed by atoms with van der Waals surface area (Å²) in [5.74, 6) is -0.407. The molecule has 1 unspecified atom stereocenters. The van der Waals surface area contributed by atoms with Crippen molar-refractivity contribution in [3.8, 4) is 0 Å². The molecule has 0 radical (unpaired) electrons. The molecule has 1 aromatic rings. The largest absolute Gasteiger partial charge is 0.324 e. The van der Waals surface area contributed by atoms with E-state index in [1.165, 1.54) is 12.1 Å². The molecule has 1 aliphatic heterocycles. The second kappa shape index (κ2) is 4.84. The molecule has 92 valence electrons. The predicted molar refractivity (Wildman–Crippen MR) is 65.3 cm³/mol. The Balaban J connectivity index is 2.10. The molecule has 3 nitrogen and oxygen atoms in total. The Bertz CT molecular complexity index is 414. The lowest BCUT2D eigenvalue weighted by atomic mass is 9.93. The van der Waals surface area contributed by atoms with Crippen molar-refractivity contribution in [3.05, 3.63) is 30.1 Å². The number of carbonyl (C=O) groups is 1. The van der Waals surface area contributed by atoms with Gasteiger partial charge in [-0.3, -0.25) is 4.79 Å². The summed E-state index contributed by atoms with van der Waals surface area (Å²) in [5, 5.41) is 6.02. The maximum Gasteiger partial charge on any atom is 0.244 e. The Morgan fingerprint density at radius 1 is 1.59 bits per heavy atom. The van der Waals surface area contributed by atoms with Crippen LogP contribution in [0.25, 0.3) is 0 Å². The number of amides is 1. The fourth-order valence-corrected chi connectivity index (χ4v) is 2.28. The number of hydrogen-bond donors (Lipinski definition) is 2. The van der Waals surface area contributed by atoms with Gasteiger partial charge < -0.3 is 10.6 Å². The summed E-state index contributed by atoms with van der Waals surface area (Å²) in [6.45, 7) is 2.86. The summed E-state index contributed by atoms with van der Waals surface area (Å²) < 4.78 is 13.0. The summed E-state index contributed by atoms with van der Waals surface area (Å²) in [5.41, 5.74) is 0.0308. The first kappa shape index (κ1) is 12.0. The molecule has 1 saturated heterocycles. The van der Waals surface area contributed by atoms with E-state index in [1.807, 2.05) is 6.92 Å². The highest BCUT2D eigenvalue weighted by Gasteiger charge is 2.38. The van der Waals surface area contributed by atoms with Crippen molar-refractivity contribution >= 4 is 11.6 Å². The van der Waals surface area contributed by atoms with Crippen LogP contribution in [0.1, 0.15) is 26.2 Å². The average Bonchev–Trinajstić information content (AvgIpc) is 2.78. The lowest BCUT2D eigenvalue weighted by molar-refractivity contribution is -0.122. The zero-order valence-corrected chi connectivity index (χ0v) is 9.92. The van der Waals surface area contributed by atoms with Crippen LogP contribution < -0.4 is 10.6 Å². The minimum Gasteiger partial charge on any atom is -0.324 e. The molecule has 1 aromatic carbocycles. The van der Waals surface area contributed by atoms with Crippen molar-refractivity contribution in [1.82, 2.24) is 5.32 Å². The van der Waals surface area contributed by atoms with Crippen LogP contribution in [0, 0.1) is 5.82 Å². The average molecular weight is 236 g/mol. The molecule has 0 spiro atoms. The van der Waals surface area contributed by atoms with Gasteiger partial charge in [0, 0.05) is 5.69 Å². The molecule has 1 fully saturated rings. The van der Waals surface area contributed by atoms with Gasteiger partial charge in [0.05, 0.1) is 5.54 Å². The SMILES string of the molecule is CCC1(C(=O)Nc2cccc(F)c2)CCCN1. The summed E-state index contributed by atoms with van der Waals surface area (Å²) in [6.07, 6.45) is 2.59. The molecule has 1 heterocycles. The zero-order chi connectivity index (χ0) is 12.3. The second-order valence-corrected chi connectivity index (χ2v) is 4.43. The highest BCUT2D eigenvalue weighted by atomic mass is 19.1. The van der Waals surface area contributed by atoms with Crippen LogP contribution in [-0.4, -0.2) is 18.0 Å². The van der Waals surface area contributed by atoms with Gasteiger partial charge in [0.15, 0.2) is 0 Å². The van der Waals surface area contributed by atoms with Crippen molar-refractivity contribution in [1.29, 1.82) is 0 Å². The minimum atomic E-state index is -0.480. The maximum atomic E-state index is 13.0. The van der Waals surface area contributed by atoms with E-state index in [1.54, 1.807) is 12.1 Å². The molecule has 4 heteroatoms. The fourth-order valence-electron chi connectivity index (χ4n) is 2.28. The number of halogens is 1. The van der Waals surface area contributed by atoms with Gasteiger partial charge in [0.1, 0.15) is 5.82 Å². The Kier molecular flexibility index (Phi) is 3.43. The molecule has 0 aliphatic carbocycles. The topological polar surface area (TPSA) is 41.1 Å². The van der Waals surface area contributed by atoms with Crippen molar-refractivity contribution in [2.24, 2.45) is 0 Å². The van der Waals surface area contributed by atoms with E-state index in [4.69, 9.17) is 0 Å². The lowest BCUT2D eigenvalue weighted by Crippen LogP contribution is -2.50. The summed E-state index contributed by atoms with van der Waals surface area (Å²) in [4.78, 5) is 12.2. The third kappa shape index (κ3) is 2.47. The van der Waals surface area contributed by atoms with Crippen LogP contribution in [-0.2, 0) is 4.79 Å². The number of rotatable bonds is 3. The van der Waals surface area contributed by atoms with Crippen LogP contribution in [0.4, 0.5) is 10.1 Å². The Morgan fingerprint density at radius 2 is 2.41 bits per heavy atom. The third-order valence-electron chi connectivity index (χ3n) is 3.36. The van der Waals surface area contributed by atoms with Gasteiger partial charge in [-0.05, 0) is 44.0 Å². The van der Waals surface area contributed by atoms with E-state index < -0.39 is 5.54 Å². The first-order chi connectivity index (χ1) is 8.16. The fraction of sp³-hybridized carbons (Fsp3) is 0.462. The molecule has 17 heavy (non-hydrogen) atoms. The highest BCUT2D eigenvalue weighted by molar-refractivity contribution is 5.98. The van der Waals surface area contributed by atoms with Gasteiger partial charge in [0.2, 0.25) is 5.91 Å². The second-order valence-electron chi connectivity index (χ2n) is 4.43. The molecule has 2 rings (SSSR count). The number of carbonyl (C=O) groups excluding carboxylic acids is 1. The van der Waals surface area contributed by atoms with Crippen LogP contribution in [0.3, 0.4) is 0 Å². The van der Waals surface area contributed by atoms with Gasteiger partial charge in [0.25, 0.3) is 0 Å². The summed E-state index contributed by atoms with van der Waals surface area (Å²) in [6, 6.07) is 5.97. The summed E-state index contributed by atoms with van der Waals surface area (Å²) in [7, 11) is 0. The third-order valence-corrected chi connectivity index (χ3v) is 3.36. The number of anilines is 1. The molecular formula is C13H17FN2O. The molecule has 0 aromatic heterocycles. The standard InChI is InChI=1S/C13H17FN2O/c1-2-13(7-4-8-15-13)12(17)16-11-6-3-5-10(14)9-11/h3,5-6,9,15H,2,4,7-8H2,1H3,(H,16,17). The molecule has 0 bridgehead atoms. The van der Waals surface area contributed by atoms with Crippen LogP contribution >= 0.6 is 0 Å². The van der Waals surface area contributed by atoms with Gasteiger partial charge in [-0.1, -0.05) is 13.0 Å². The monoisotopic (exact) mass is 236 g/mol. The molecular weight excluding hydrogens is 219 g/mol. The van der Waals surface area contributed by atoms with Gasteiger partial charge in [-0.2, -0.15) is 0 Å². The van der Waals surface area contributed by atoms with Crippen LogP contribution in [0.5, 0.6) is 0 Å². The Morgan fingerprint density at radius 3 is 3.00 bits per heavy atom. The van der Waals surface area contributed by atoms with E-state index in [0.29, 0.717) is 5.69 Å². The zero-order valence-electron chi connectivity index (χ0n) is 9.92. The van der Waals surface area contributed by atoms with Crippen molar-refractivity contribution < 1.29 is 9.18 Å². The van der Waals surface area contributed by atoms with E-state index in [9.17, 15) is 9.18 Å². The normalized spacial score (nSPS) is 23.6. The maximum absolute atomic E-state index is 13.0. The lowest BCUT2D eigenvalue weighted by Gasteiger charge is -2.26. The molecule has 1 atom stereocenters. The van der Waals surface area contributed by atoms with Crippen molar-refractivity contribution in [3.63, 3.8) is 0 Å². The minimum absolute atomic E-state index is 0.0666. The summed E-state index contributed by atoms with van der Waals surface area (Å²) >= 11 is 0. The highest BCUT2D eigenvalue weighted by Crippen LogP contribution is 2.24. The van der Waals surface area contributed by atoms with Gasteiger partial charge in [-0.15, -0.1) is 0 Å². The number of benzene rings is 1. The first-order valence-corrected chi connectivity index (χ1v) is 5.98. The number of hydrogen-bond acceptors (Lipinski definition) is 2. The van der Waals surface area contributed by atoms with Crippen LogP contribution in [0.15, 0.2) is 24.3 Å². The van der Waals surface area contributed by atoms with E-state index in [-0.39, 0.29) is 11.7 Å². The quantitative estimate of drug-likeness (QED) is 0.845. The van der Waals surface area contributed by atoms with Crippen LogP contribution in [0.2, 0.25) is 0 Å². The smallest absolute Gasteiger partial charge is 0.244 e. The molecule has 1 aliphatic rings. The van der Waals surface area contributed by atoms with Crippen molar-refractivity contribution in [2.45, 2.75) is 31.7 Å². The van der Waals surface area contributed by atoms with E-state index >= 15 is 0 Å². The molecule has 1 amide bonds. The predicted octanol–water partition coefficient (Wildman–Crippen LogP) is 2.30.